The van der Waals surface area contributed by atoms with Crippen LogP contribution in [-0.2, 0) is 9.53 Å². The van der Waals surface area contributed by atoms with E-state index in [2.05, 4.69) is 10.2 Å². The highest BCUT2D eigenvalue weighted by Crippen LogP contribution is 2.29. The summed E-state index contributed by atoms with van der Waals surface area (Å²) in [6, 6.07) is 3.65. The molecule has 0 unspecified atom stereocenters. The summed E-state index contributed by atoms with van der Waals surface area (Å²) < 4.78 is 11.0. The first kappa shape index (κ1) is 14.2. The SMILES string of the molecule is Cc1nnc([C@H]2COCCN2C(=O)[C@H](C)c2cccs2)o1. The van der Waals surface area contributed by atoms with Crippen molar-refractivity contribution in [3.63, 3.8) is 0 Å². The number of aromatic nitrogens is 2. The second-order valence-corrected chi connectivity index (χ2v) is 6.00. The van der Waals surface area contributed by atoms with Gasteiger partial charge in [0.05, 0.1) is 19.1 Å². The first-order valence-electron chi connectivity index (χ1n) is 6.88. The molecule has 1 aliphatic rings. The third-order valence-electron chi connectivity index (χ3n) is 3.58. The Morgan fingerprint density at radius 1 is 1.52 bits per heavy atom. The zero-order valence-electron chi connectivity index (χ0n) is 12.0. The van der Waals surface area contributed by atoms with Crippen LogP contribution in [0.2, 0.25) is 0 Å². The lowest BCUT2D eigenvalue weighted by molar-refractivity contribution is -0.142. The fourth-order valence-corrected chi connectivity index (χ4v) is 3.20. The van der Waals surface area contributed by atoms with Crippen LogP contribution in [-0.4, -0.2) is 40.8 Å². The number of carbonyl (C=O) groups excluding carboxylic acids is 1. The van der Waals surface area contributed by atoms with Gasteiger partial charge in [-0.2, -0.15) is 0 Å². The fraction of sp³-hybridized carbons (Fsp3) is 0.500. The van der Waals surface area contributed by atoms with Gasteiger partial charge in [-0.15, -0.1) is 21.5 Å². The minimum absolute atomic E-state index is 0.0709. The van der Waals surface area contributed by atoms with Crippen LogP contribution in [0.3, 0.4) is 0 Å². The lowest BCUT2D eigenvalue weighted by Crippen LogP contribution is -2.45. The summed E-state index contributed by atoms with van der Waals surface area (Å²) in [5, 5.41) is 9.86. The second-order valence-electron chi connectivity index (χ2n) is 5.02. The third kappa shape index (κ3) is 2.84. The monoisotopic (exact) mass is 307 g/mol. The van der Waals surface area contributed by atoms with E-state index in [4.69, 9.17) is 9.15 Å². The summed E-state index contributed by atoms with van der Waals surface area (Å²) in [6.07, 6.45) is 0. The third-order valence-corrected chi connectivity index (χ3v) is 4.63. The van der Waals surface area contributed by atoms with Crippen molar-refractivity contribution in [1.29, 1.82) is 0 Å². The molecule has 0 saturated carbocycles. The number of amides is 1. The average Bonchev–Trinajstić information content (AvgIpc) is 3.17. The minimum Gasteiger partial charge on any atom is -0.423 e. The van der Waals surface area contributed by atoms with Crippen LogP contribution in [0.5, 0.6) is 0 Å². The highest BCUT2D eigenvalue weighted by atomic mass is 32.1. The van der Waals surface area contributed by atoms with Gasteiger partial charge in [0.15, 0.2) is 0 Å². The number of aryl methyl sites for hydroxylation is 1. The van der Waals surface area contributed by atoms with Crippen LogP contribution in [0.1, 0.15) is 35.5 Å². The Balaban J connectivity index is 1.82. The molecule has 2 atom stereocenters. The Hall–Kier alpha value is -1.73. The van der Waals surface area contributed by atoms with Gasteiger partial charge in [-0.3, -0.25) is 4.79 Å². The largest absolute Gasteiger partial charge is 0.423 e. The van der Waals surface area contributed by atoms with E-state index < -0.39 is 0 Å². The lowest BCUT2D eigenvalue weighted by atomic mass is 10.1. The van der Waals surface area contributed by atoms with Gasteiger partial charge in [0, 0.05) is 18.3 Å². The van der Waals surface area contributed by atoms with Crippen LogP contribution in [0, 0.1) is 6.92 Å². The Bertz CT molecular complexity index is 611. The van der Waals surface area contributed by atoms with E-state index in [1.807, 2.05) is 24.4 Å². The van der Waals surface area contributed by atoms with Crippen molar-refractivity contribution in [2.24, 2.45) is 0 Å². The predicted octanol–water partition coefficient (Wildman–Crippen LogP) is 2.14. The van der Waals surface area contributed by atoms with Gasteiger partial charge >= 0.3 is 0 Å². The van der Waals surface area contributed by atoms with Crippen LogP contribution in [0.4, 0.5) is 0 Å². The molecule has 1 amide bonds. The molecule has 0 spiro atoms. The Kier molecular flexibility index (Phi) is 4.03. The Morgan fingerprint density at radius 2 is 2.38 bits per heavy atom. The molecule has 0 aliphatic carbocycles. The second kappa shape index (κ2) is 5.95. The average molecular weight is 307 g/mol. The molecule has 3 rings (SSSR count). The molecule has 112 valence electrons. The van der Waals surface area contributed by atoms with Crippen LogP contribution in [0.15, 0.2) is 21.9 Å². The van der Waals surface area contributed by atoms with Gasteiger partial charge in [0.2, 0.25) is 17.7 Å². The number of hydrogen-bond donors (Lipinski definition) is 0. The van der Waals surface area contributed by atoms with Crippen LogP contribution >= 0.6 is 11.3 Å². The van der Waals surface area contributed by atoms with Crippen LogP contribution < -0.4 is 0 Å². The highest BCUT2D eigenvalue weighted by Gasteiger charge is 2.35. The van der Waals surface area contributed by atoms with E-state index in [1.54, 1.807) is 23.2 Å². The van der Waals surface area contributed by atoms with Crippen molar-refractivity contribution in [3.05, 3.63) is 34.2 Å². The van der Waals surface area contributed by atoms with Crippen molar-refractivity contribution >= 4 is 17.2 Å². The quantitative estimate of drug-likeness (QED) is 0.869. The standard InChI is InChI=1S/C14H17N3O3S/c1-9(12-4-3-7-21-12)14(18)17-5-6-19-8-11(17)13-16-15-10(2)20-13/h3-4,7,9,11H,5-6,8H2,1-2H3/t9-,11-/m1/s1. The van der Waals surface area contributed by atoms with E-state index in [1.165, 1.54) is 0 Å². The molecule has 2 aromatic rings. The van der Waals surface area contributed by atoms with Crippen molar-refractivity contribution in [2.75, 3.05) is 19.8 Å². The Morgan fingerprint density at radius 3 is 3.05 bits per heavy atom. The maximum Gasteiger partial charge on any atom is 0.241 e. The molecular weight excluding hydrogens is 290 g/mol. The van der Waals surface area contributed by atoms with Gasteiger partial charge in [0.25, 0.3) is 0 Å². The molecule has 0 bridgehead atoms. The smallest absolute Gasteiger partial charge is 0.241 e. The molecule has 1 aliphatic heterocycles. The normalized spacial score (nSPS) is 20.5. The highest BCUT2D eigenvalue weighted by molar-refractivity contribution is 7.10. The van der Waals surface area contributed by atoms with Gasteiger partial charge < -0.3 is 14.1 Å². The molecule has 2 aromatic heterocycles. The number of carbonyl (C=O) groups is 1. The summed E-state index contributed by atoms with van der Waals surface area (Å²) in [4.78, 5) is 15.6. The zero-order chi connectivity index (χ0) is 14.8. The first-order chi connectivity index (χ1) is 10.2. The van der Waals surface area contributed by atoms with Gasteiger partial charge in [-0.25, -0.2) is 0 Å². The molecule has 0 N–H and O–H groups in total. The fourth-order valence-electron chi connectivity index (χ4n) is 2.43. The van der Waals surface area contributed by atoms with Gasteiger partial charge in [-0.1, -0.05) is 6.07 Å². The zero-order valence-corrected chi connectivity index (χ0v) is 12.8. The maximum atomic E-state index is 12.8. The molecule has 0 aromatic carbocycles. The van der Waals surface area contributed by atoms with E-state index in [9.17, 15) is 4.79 Å². The summed E-state index contributed by atoms with van der Waals surface area (Å²) in [7, 11) is 0. The van der Waals surface area contributed by atoms with E-state index in [0.717, 1.165) is 4.88 Å². The summed E-state index contributed by atoms with van der Waals surface area (Å²) >= 11 is 1.59. The summed E-state index contributed by atoms with van der Waals surface area (Å²) in [5.41, 5.74) is 0. The van der Waals surface area contributed by atoms with Crippen molar-refractivity contribution in [3.8, 4) is 0 Å². The number of nitrogens with zero attached hydrogens (tertiary/aromatic N) is 3. The molecule has 0 radical (unpaired) electrons. The first-order valence-corrected chi connectivity index (χ1v) is 7.76. The van der Waals surface area contributed by atoms with Crippen LogP contribution in [0.25, 0.3) is 0 Å². The number of ether oxygens (including phenoxy) is 1. The minimum atomic E-state index is -0.296. The topological polar surface area (TPSA) is 68.5 Å². The van der Waals surface area contributed by atoms with Crippen molar-refractivity contribution < 1.29 is 13.9 Å². The number of hydrogen-bond acceptors (Lipinski definition) is 6. The van der Waals surface area contributed by atoms with E-state index in [-0.39, 0.29) is 17.9 Å². The van der Waals surface area contributed by atoms with Gasteiger partial charge in [0.1, 0.15) is 6.04 Å². The van der Waals surface area contributed by atoms with Gasteiger partial charge in [-0.05, 0) is 18.4 Å². The number of thiophene rings is 1. The van der Waals surface area contributed by atoms with Crippen molar-refractivity contribution in [2.45, 2.75) is 25.8 Å². The van der Waals surface area contributed by atoms with Crippen molar-refractivity contribution in [1.82, 2.24) is 15.1 Å². The maximum absolute atomic E-state index is 12.8. The lowest BCUT2D eigenvalue weighted by Gasteiger charge is -2.35. The summed E-state index contributed by atoms with van der Waals surface area (Å²) in [6.45, 7) is 5.14. The number of rotatable bonds is 3. The molecule has 6 nitrogen and oxygen atoms in total. The van der Waals surface area contributed by atoms with E-state index >= 15 is 0 Å². The summed E-state index contributed by atoms with van der Waals surface area (Å²) in [5.74, 6) is 0.837. The molecule has 1 fully saturated rings. The Labute approximate surface area is 126 Å². The molecule has 3 heterocycles. The molecule has 7 heteroatoms. The molecular formula is C14H17N3O3S. The molecule has 1 saturated heterocycles. The molecule has 21 heavy (non-hydrogen) atoms. The van der Waals surface area contributed by atoms with E-state index in [0.29, 0.717) is 31.5 Å². The number of morpholine rings is 1. The predicted molar refractivity (Wildman–Crippen MR) is 77.0 cm³/mol.